The van der Waals surface area contributed by atoms with Gasteiger partial charge in [0.05, 0.1) is 23.9 Å². The van der Waals surface area contributed by atoms with Crippen molar-refractivity contribution in [3.8, 4) is 11.8 Å². The normalized spacial score (nSPS) is 17.6. The molecule has 0 saturated carbocycles. The van der Waals surface area contributed by atoms with Crippen molar-refractivity contribution in [2.45, 2.75) is 26.5 Å². The molecule has 0 bridgehead atoms. The minimum absolute atomic E-state index is 0.0161. The van der Waals surface area contributed by atoms with Gasteiger partial charge in [-0.2, -0.15) is 5.26 Å². The highest BCUT2D eigenvalue weighted by Crippen LogP contribution is 2.30. The van der Waals surface area contributed by atoms with Gasteiger partial charge in [-0.05, 0) is 48.4 Å². The number of fused-ring (bicyclic) bond motifs is 1. The van der Waals surface area contributed by atoms with Gasteiger partial charge in [0.2, 0.25) is 5.91 Å². The van der Waals surface area contributed by atoms with Crippen molar-refractivity contribution < 1.29 is 9.53 Å². The first-order valence-electron chi connectivity index (χ1n) is 9.44. The molecule has 1 fully saturated rings. The Morgan fingerprint density at radius 3 is 3.03 bits per heavy atom. The number of ether oxygens (including phenoxy) is 1. The second kappa shape index (κ2) is 8.78. The number of nitrogens with one attached hydrogen (secondary N) is 1. The van der Waals surface area contributed by atoms with E-state index in [0.29, 0.717) is 23.6 Å². The van der Waals surface area contributed by atoms with Gasteiger partial charge in [0, 0.05) is 16.5 Å². The molecule has 1 atom stereocenters. The van der Waals surface area contributed by atoms with Crippen LogP contribution in [0.5, 0.6) is 5.75 Å². The van der Waals surface area contributed by atoms with E-state index >= 15 is 0 Å². The smallest absolute Gasteiger partial charge is 0.235 e. The number of nitriles is 1. The molecule has 0 spiro atoms. The summed E-state index contributed by atoms with van der Waals surface area (Å²) >= 11 is 1.65. The lowest BCUT2D eigenvalue weighted by molar-refractivity contribution is -0.116. The topological polar surface area (TPSA) is 87.4 Å². The van der Waals surface area contributed by atoms with Gasteiger partial charge in [-0.1, -0.05) is 12.1 Å². The number of amidine groups is 1. The third-order valence-corrected chi connectivity index (χ3v) is 7.05. The van der Waals surface area contributed by atoms with E-state index in [2.05, 4.69) is 26.7 Å². The summed E-state index contributed by atoms with van der Waals surface area (Å²) in [6, 6.07) is 12.0. The van der Waals surface area contributed by atoms with Crippen LogP contribution in [0.3, 0.4) is 0 Å². The summed E-state index contributed by atoms with van der Waals surface area (Å²) in [5.74, 6) is 0.925. The third-order valence-electron chi connectivity index (χ3n) is 4.33. The number of aromatic nitrogens is 1. The maximum absolute atomic E-state index is 12.0. The van der Waals surface area contributed by atoms with E-state index in [0.717, 1.165) is 26.5 Å². The predicted molar refractivity (Wildman–Crippen MR) is 123 cm³/mol. The summed E-state index contributed by atoms with van der Waals surface area (Å²) in [7, 11) is -0.432. The first-order chi connectivity index (χ1) is 14.5. The minimum atomic E-state index is -0.432. The van der Waals surface area contributed by atoms with E-state index in [-0.39, 0.29) is 12.0 Å². The van der Waals surface area contributed by atoms with Crippen molar-refractivity contribution in [1.82, 2.24) is 10.3 Å². The van der Waals surface area contributed by atoms with Crippen LogP contribution in [-0.4, -0.2) is 33.3 Å². The van der Waals surface area contributed by atoms with Gasteiger partial charge < -0.3 is 10.1 Å². The standard InChI is InChI=1S/C22H20N4O2S2/c1-14(2)28-21-16(9-23)10-24-19-6-5-15(8-18(19)21)12-30-13-20(27)26-22(30)25-11-17-4-3-7-29-17/h3-8,10,12,14H,11,13H2,1-2H3,(H,25,26,27). The molecular weight excluding hydrogens is 416 g/mol. The van der Waals surface area contributed by atoms with Crippen LogP contribution in [0.15, 0.2) is 46.9 Å². The number of carbonyl (C=O) groups excluding carboxylic acids is 1. The lowest BCUT2D eigenvalue weighted by Gasteiger charge is -2.14. The van der Waals surface area contributed by atoms with Crippen LogP contribution in [0.4, 0.5) is 0 Å². The summed E-state index contributed by atoms with van der Waals surface area (Å²) in [5.41, 5.74) is 2.11. The monoisotopic (exact) mass is 436 g/mol. The Morgan fingerprint density at radius 2 is 2.30 bits per heavy atom. The largest absolute Gasteiger partial charge is 0.489 e. The van der Waals surface area contributed by atoms with Crippen molar-refractivity contribution in [2.75, 3.05) is 5.75 Å². The van der Waals surface area contributed by atoms with Crippen LogP contribution in [0.2, 0.25) is 0 Å². The average molecular weight is 437 g/mol. The number of amides is 1. The van der Waals surface area contributed by atoms with E-state index < -0.39 is 10.5 Å². The Hall–Kier alpha value is -3.02. The van der Waals surface area contributed by atoms with E-state index in [4.69, 9.17) is 4.74 Å². The Morgan fingerprint density at radius 1 is 1.43 bits per heavy atom. The zero-order valence-corrected chi connectivity index (χ0v) is 18.2. The number of pyridine rings is 1. The molecule has 0 aliphatic carbocycles. The van der Waals surface area contributed by atoms with Crippen molar-refractivity contribution in [1.29, 1.82) is 5.26 Å². The molecule has 30 heavy (non-hydrogen) atoms. The number of thiophene rings is 1. The Kier molecular flexibility index (Phi) is 5.93. The fourth-order valence-electron chi connectivity index (χ4n) is 3.07. The molecular formula is C22H20N4O2S2. The second-order valence-corrected chi connectivity index (χ2v) is 9.80. The second-order valence-electron chi connectivity index (χ2n) is 7.00. The number of aliphatic imine (C=N–C) groups is 1. The molecule has 4 rings (SSSR count). The van der Waals surface area contributed by atoms with Crippen molar-refractivity contribution >= 4 is 49.2 Å². The zero-order valence-electron chi connectivity index (χ0n) is 16.6. The fourth-order valence-corrected chi connectivity index (χ4v) is 5.33. The predicted octanol–water partition coefficient (Wildman–Crippen LogP) is 4.06. The average Bonchev–Trinajstić information content (AvgIpc) is 3.36. The number of rotatable bonds is 5. The molecule has 1 aromatic carbocycles. The Bertz CT molecular complexity index is 1210. The van der Waals surface area contributed by atoms with E-state index in [9.17, 15) is 10.1 Å². The van der Waals surface area contributed by atoms with Gasteiger partial charge in [-0.15, -0.1) is 21.8 Å². The Balaban J connectivity index is 1.73. The highest BCUT2D eigenvalue weighted by Gasteiger charge is 2.21. The van der Waals surface area contributed by atoms with E-state index in [1.807, 2.05) is 49.6 Å². The Labute approximate surface area is 181 Å². The highest BCUT2D eigenvalue weighted by atomic mass is 32.2. The van der Waals surface area contributed by atoms with Crippen molar-refractivity contribution in [3.05, 3.63) is 57.9 Å². The van der Waals surface area contributed by atoms with Gasteiger partial charge >= 0.3 is 0 Å². The van der Waals surface area contributed by atoms with Gasteiger partial charge in [0.1, 0.15) is 17.4 Å². The first kappa shape index (κ1) is 20.3. The summed E-state index contributed by atoms with van der Waals surface area (Å²) in [4.78, 5) is 22.2. The maximum atomic E-state index is 12.0. The lowest BCUT2D eigenvalue weighted by Crippen LogP contribution is -2.20. The van der Waals surface area contributed by atoms with Crippen LogP contribution in [0, 0.1) is 11.3 Å². The van der Waals surface area contributed by atoms with E-state index in [1.54, 1.807) is 17.5 Å². The lowest BCUT2D eigenvalue weighted by atomic mass is 10.1. The molecule has 0 radical (unpaired) electrons. The molecule has 1 saturated heterocycles. The molecule has 2 aromatic heterocycles. The molecule has 1 N–H and O–H groups in total. The molecule has 1 aliphatic rings. The van der Waals surface area contributed by atoms with Gasteiger partial charge in [0.25, 0.3) is 0 Å². The molecule has 8 heteroatoms. The number of nitrogens with zero attached hydrogens (tertiary/aromatic N) is 3. The zero-order chi connectivity index (χ0) is 21.1. The summed E-state index contributed by atoms with van der Waals surface area (Å²) in [5, 5.41) is 17.9. The molecule has 1 aliphatic heterocycles. The summed E-state index contributed by atoms with van der Waals surface area (Å²) in [6.45, 7) is 4.41. The molecule has 3 heterocycles. The van der Waals surface area contributed by atoms with Crippen molar-refractivity contribution in [3.63, 3.8) is 0 Å². The molecule has 1 unspecified atom stereocenters. The van der Waals surface area contributed by atoms with Crippen LogP contribution >= 0.6 is 21.8 Å². The van der Waals surface area contributed by atoms with E-state index in [1.165, 1.54) is 0 Å². The van der Waals surface area contributed by atoms with Crippen LogP contribution in [-0.2, 0) is 11.3 Å². The number of hydrogen-bond acceptors (Lipinski definition) is 6. The SMILES string of the molecule is CC(C)Oc1c(C#N)cnc2ccc(/C=S3/CC(=O)NC3=NCc3cccs3)cc12. The third kappa shape index (κ3) is 4.42. The number of hydrogen-bond donors (Lipinski definition) is 1. The minimum Gasteiger partial charge on any atom is -0.489 e. The quantitative estimate of drug-likeness (QED) is 0.611. The van der Waals surface area contributed by atoms with Gasteiger partial charge in [-0.25, -0.2) is 0 Å². The fraction of sp³-hybridized carbons (Fsp3) is 0.227. The van der Waals surface area contributed by atoms with Crippen molar-refractivity contribution in [2.24, 2.45) is 4.99 Å². The first-order valence-corrected chi connectivity index (χ1v) is 11.8. The molecule has 3 aromatic rings. The molecule has 6 nitrogen and oxygen atoms in total. The van der Waals surface area contributed by atoms with Crippen LogP contribution in [0.1, 0.15) is 29.9 Å². The molecule has 152 valence electrons. The number of benzene rings is 1. The molecule has 1 amide bonds. The maximum Gasteiger partial charge on any atom is 0.235 e. The van der Waals surface area contributed by atoms with Gasteiger partial charge in [-0.3, -0.25) is 14.8 Å². The van der Waals surface area contributed by atoms with Crippen LogP contribution < -0.4 is 10.1 Å². The highest BCUT2D eigenvalue weighted by molar-refractivity contribution is 8.29. The van der Waals surface area contributed by atoms with Crippen LogP contribution in [0.25, 0.3) is 10.9 Å². The number of carbonyl (C=O) groups is 1. The summed E-state index contributed by atoms with van der Waals surface area (Å²) < 4.78 is 5.93. The summed E-state index contributed by atoms with van der Waals surface area (Å²) in [6.07, 6.45) is 1.48. The van der Waals surface area contributed by atoms with Gasteiger partial charge in [0.15, 0.2) is 5.17 Å².